The third-order valence-electron chi connectivity index (χ3n) is 3.16. The van der Waals surface area contributed by atoms with Gasteiger partial charge in [0.25, 0.3) is 5.91 Å². The predicted molar refractivity (Wildman–Crippen MR) is 100 cm³/mol. The van der Waals surface area contributed by atoms with E-state index in [-0.39, 0.29) is 19.1 Å². The van der Waals surface area contributed by atoms with Crippen LogP contribution in [0.15, 0.2) is 45.3 Å². The molecule has 2 aromatic rings. The lowest BCUT2D eigenvalue weighted by Gasteiger charge is -2.11. The van der Waals surface area contributed by atoms with Crippen molar-refractivity contribution >= 4 is 49.4 Å². The number of hydrogen-bond acceptors (Lipinski definition) is 3. The van der Waals surface area contributed by atoms with Gasteiger partial charge in [-0.05, 0) is 64.8 Å². The molecule has 25 heavy (non-hydrogen) atoms. The van der Waals surface area contributed by atoms with Crippen molar-refractivity contribution in [2.45, 2.75) is 6.92 Å². The minimum atomic E-state index is -0.459. The first-order valence-electron chi connectivity index (χ1n) is 7.25. The maximum atomic E-state index is 13.0. The second kappa shape index (κ2) is 8.96. The SMILES string of the molecule is Cc1cc(Br)ccc1NC(=O)CNC(=O)COc1ccc(F)cc1Br. The molecule has 2 amide bonds. The van der Waals surface area contributed by atoms with E-state index in [1.807, 2.05) is 19.1 Å². The van der Waals surface area contributed by atoms with Crippen LogP contribution < -0.4 is 15.4 Å². The van der Waals surface area contributed by atoms with E-state index in [0.717, 1.165) is 10.0 Å². The van der Waals surface area contributed by atoms with Crippen molar-refractivity contribution in [3.8, 4) is 5.75 Å². The van der Waals surface area contributed by atoms with Crippen LogP contribution in [-0.4, -0.2) is 25.0 Å². The molecule has 0 heterocycles. The van der Waals surface area contributed by atoms with Crippen molar-refractivity contribution in [1.82, 2.24) is 5.32 Å². The van der Waals surface area contributed by atoms with Gasteiger partial charge in [-0.2, -0.15) is 0 Å². The van der Waals surface area contributed by atoms with E-state index in [2.05, 4.69) is 42.5 Å². The average molecular weight is 474 g/mol. The maximum Gasteiger partial charge on any atom is 0.258 e. The Balaban J connectivity index is 1.78. The van der Waals surface area contributed by atoms with E-state index in [9.17, 15) is 14.0 Å². The Kier molecular flexibility index (Phi) is 6.95. The minimum absolute atomic E-state index is 0.178. The van der Waals surface area contributed by atoms with Crippen LogP contribution in [0.25, 0.3) is 0 Å². The van der Waals surface area contributed by atoms with Gasteiger partial charge in [0.1, 0.15) is 11.6 Å². The Morgan fingerprint density at radius 3 is 2.56 bits per heavy atom. The lowest BCUT2D eigenvalue weighted by Crippen LogP contribution is -2.35. The lowest BCUT2D eigenvalue weighted by molar-refractivity contribution is -0.125. The van der Waals surface area contributed by atoms with Crippen LogP contribution in [0.1, 0.15) is 5.56 Å². The smallest absolute Gasteiger partial charge is 0.258 e. The van der Waals surface area contributed by atoms with E-state index < -0.39 is 11.7 Å². The highest BCUT2D eigenvalue weighted by molar-refractivity contribution is 9.10. The Morgan fingerprint density at radius 1 is 1.12 bits per heavy atom. The van der Waals surface area contributed by atoms with E-state index in [1.54, 1.807) is 6.07 Å². The van der Waals surface area contributed by atoms with E-state index in [0.29, 0.717) is 15.9 Å². The Bertz CT molecular complexity index is 799. The number of benzene rings is 2. The highest BCUT2D eigenvalue weighted by atomic mass is 79.9. The van der Waals surface area contributed by atoms with Gasteiger partial charge in [-0.3, -0.25) is 9.59 Å². The predicted octanol–water partition coefficient (Wildman–Crippen LogP) is 3.79. The summed E-state index contributed by atoms with van der Waals surface area (Å²) in [6, 6.07) is 9.34. The summed E-state index contributed by atoms with van der Waals surface area (Å²) in [7, 11) is 0. The zero-order valence-corrected chi connectivity index (χ0v) is 16.4. The number of ether oxygens (including phenoxy) is 1. The number of amides is 2. The van der Waals surface area contributed by atoms with Gasteiger partial charge < -0.3 is 15.4 Å². The molecule has 0 atom stereocenters. The Labute approximate surface area is 161 Å². The normalized spacial score (nSPS) is 10.2. The van der Waals surface area contributed by atoms with Gasteiger partial charge in [0.05, 0.1) is 11.0 Å². The molecule has 2 N–H and O–H groups in total. The molecular weight excluding hydrogens is 459 g/mol. The molecule has 0 radical (unpaired) electrons. The summed E-state index contributed by atoms with van der Waals surface area (Å²) in [5.41, 5.74) is 1.58. The molecule has 0 spiro atoms. The zero-order chi connectivity index (χ0) is 18.4. The second-order valence-electron chi connectivity index (χ2n) is 5.15. The van der Waals surface area contributed by atoms with Crippen molar-refractivity contribution < 1.29 is 18.7 Å². The van der Waals surface area contributed by atoms with Gasteiger partial charge in [-0.15, -0.1) is 0 Å². The molecular formula is C17H15Br2FN2O3. The largest absolute Gasteiger partial charge is 0.483 e. The summed E-state index contributed by atoms with van der Waals surface area (Å²) in [6.45, 7) is 1.41. The molecule has 2 aromatic carbocycles. The number of hydrogen-bond donors (Lipinski definition) is 2. The second-order valence-corrected chi connectivity index (χ2v) is 6.92. The van der Waals surface area contributed by atoms with Gasteiger partial charge in [0, 0.05) is 10.2 Å². The van der Waals surface area contributed by atoms with Crippen molar-refractivity contribution in [2.24, 2.45) is 0 Å². The van der Waals surface area contributed by atoms with Crippen molar-refractivity contribution in [3.05, 3.63) is 56.7 Å². The topological polar surface area (TPSA) is 67.4 Å². The van der Waals surface area contributed by atoms with Gasteiger partial charge in [0.15, 0.2) is 6.61 Å². The standard InChI is InChI=1S/C17H15Br2FN2O3/c1-10-6-11(18)2-4-14(10)22-16(23)8-21-17(24)9-25-15-5-3-12(20)7-13(15)19/h2-7H,8-9H2,1H3,(H,21,24)(H,22,23). The average Bonchev–Trinajstić information content (AvgIpc) is 2.55. The van der Waals surface area contributed by atoms with Crippen molar-refractivity contribution in [3.63, 3.8) is 0 Å². The maximum absolute atomic E-state index is 13.0. The molecule has 0 fully saturated rings. The monoisotopic (exact) mass is 472 g/mol. The first kappa shape index (κ1) is 19.4. The minimum Gasteiger partial charge on any atom is -0.483 e. The molecule has 0 unspecified atom stereocenters. The molecule has 0 aliphatic rings. The number of rotatable bonds is 6. The number of carbonyl (C=O) groups is 2. The fourth-order valence-electron chi connectivity index (χ4n) is 1.93. The van der Waals surface area contributed by atoms with Crippen LogP contribution >= 0.6 is 31.9 Å². The lowest BCUT2D eigenvalue weighted by atomic mass is 10.2. The van der Waals surface area contributed by atoms with E-state index >= 15 is 0 Å². The van der Waals surface area contributed by atoms with Gasteiger partial charge in [-0.1, -0.05) is 15.9 Å². The quantitative estimate of drug-likeness (QED) is 0.670. The van der Waals surface area contributed by atoms with Gasteiger partial charge in [-0.25, -0.2) is 4.39 Å². The Morgan fingerprint density at radius 2 is 1.88 bits per heavy atom. The fraction of sp³-hybridized carbons (Fsp3) is 0.176. The van der Waals surface area contributed by atoms with Crippen LogP contribution in [0, 0.1) is 12.7 Å². The molecule has 2 rings (SSSR count). The van der Waals surface area contributed by atoms with Crippen LogP contribution in [-0.2, 0) is 9.59 Å². The summed E-state index contributed by atoms with van der Waals surface area (Å²) in [5, 5.41) is 5.18. The molecule has 8 heteroatoms. The summed E-state index contributed by atoms with van der Waals surface area (Å²) in [5.74, 6) is -0.879. The number of aryl methyl sites for hydroxylation is 1. The molecule has 0 saturated carbocycles. The summed E-state index contributed by atoms with van der Waals surface area (Å²) in [4.78, 5) is 23.6. The fourth-order valence-corrected chi connectivity index (χ4v) is 2.87. The summed E-state index contributed by atoms with van der Waals surface area (Å²) >= 11 is 6.49. The van der Waals surface area contributed by atoms with Crippen molar-refractivity contribution in [2.75, 3.05) is 18.5 Å². The third kappa shape index (κ3) is 6.13. The van der Waals surface area contributed by atoms with E-state index in [1.165, 1.54) is 18.2 Å². The molecule has 0 aliphatic heterocycles. The highest BCUT2D eigenvalue weighted by Crippen LogP contribution is 2.25. The number of halogens is 3. The van der Waals surface area contributed by atoms with E-state index in [4.69, 9.17) is 4.74 Å². The molecule has 5 nitrogen and oxygen atoms in total. The highest BCUT2D eigenvalue weighted by Gasteiger charge is 2.09. The van der Waals surface area contributed by atoms with Gasteiger partial charge >= 0.3 is 0 Å². The third-order valence-corrected chi connectivity index (χ3v) is 4.27. The van der Waals surface area contributed by atoms with Gasteiger partial charge in [0.2, 0.25) is 5.91 Å². The first-order chi connectivity index (χ1) is 11.8. The van der Waals surface area contributed by atoms with Crippen LogP contribution in [0.4, 0.5) is 10.1 Å². The Hall–Kier alpha value is -1.93. The zero-order valence-electron chi connectivity index (χ0n) is 13.2. The number of nitrogens with one attached hydrogen (secondary N) is 2. The summed E-state index contributed by atoms with van der Waals surface area (Å²) < 4.78 is 19.6. The van der Waals surface area contributed by atoms with Crippen LogP contribution in [0.3, 0.4) is 0 Å². The molecule has 0 saturated heterocycles. The molecule has 0 bridgehead atoms. The van der Waals surface area contributed by atoms with Crippen LogP contribution in [0.5, 0.6) is 5.75 Å². The first-order valence-corrected chi connectivity index (χ1v) is 8.84. The summed E-state index contributed by atoms with van der Waals surface area (Å²) in [6.07, 6.45) is 0. The molecule has 0 aliphatic carbocycles. The van der Waals surface area contributed by atoms with Crippen LogP contribution in [0.2, 0.25) is 0 Å². The van der Waals surface area contributed by atoms with Crippen molar-refractivity contribution in [1.29, 1.82) is 0 Å². The molecule has 0 aromatic heterocycles. The number of anilines is 1. The number of carbonyl (C=O) groups excluding carboxylic acids is 2. The molecule has 132 valence electrons.